The van der Waals surface area contributed by atoms with Crippen molar-refractivity contribution in [2.75, 3.05) is 6.54 Å². The van der Waals surface area contributed by atoms with Crippen molar-refractivity contribution in [3.63, 3.8) is 0 Å². The van der Waals surface area contributed by atoms with Gasteiger partial charge in [-0.05, 0) is 31.0 Å². The number of pyridine rings is 1. The van der Waals surface area contributed by atoms with Crippen LogP contribution in [-0.2, 0) is 22.7 Å². The van der Waals surface area contributed by atoms with Crippen LogP contribution in [0.3, 0.4) is 0 Å². The second-order valence-corrected chi connectivity index (χ2v) is 6.67. The van der Waals surface area contributed by atoms with E-state index in [1.807, 2.05) is 29.2 Å². The molecule has 1 saturated carbocycles. The van der Waals surface area contributed by atoms with Crippen LogP contribution in [0.1, 0.15) is 36.7 Å². The molecular weight excluding hydrogens is 318 g/mol. The topological polar surface area (TPSA) is 80.1 Å². The number of aromatic nitrogens is 3. The van der Waals surface area contributed by atoms with Crippen LogP contribution in [0, 0.1) is 5.92 Å². The summed E-state index contributed by atoms with van der Waals surface area (Å²) in [5, 5.41) is 7.21. The fourth-order valence-corrected chi connectivity index (χ4v) is 3.37. The molecule has 3 heterocycles. The summed E-state index contributed by atoms with van der Waals surface area (Å²) in [5.41, 5.74) is 1.70. The van der Waals surface area contributed by atoms with Crippen molar-refractivity contribution in [2.24, 2.45) is 5.92 Å². The number of nitrogens with one attached hydrogen (secondary N) is 1. The zero-order valence-corrected chi connectivity index (χ0v) is 14.0. The molecule has 2 aliphatic rings. The third kappa shape index (κ3) is 3.14. The van der Waals surface area contributed by atoms with Gasteiger partial charge in [-0.1, -0.05) is 12.5 Å². The van der Waals surface area contributed by atoms with Crippen LogP contribution in [0.25, 0.3) is 0 Å². The maximum absolute atomic E-state index is 12.7. The summed E-state index contributed by atoms with van der Waals surface area (Å²) >= 11 is 0. The minimum atomic E-state index is -0.494. The minimum Gasteiger partial charge on any atom is -0.349 e. The summed E-state index contributed by atoms with van der Waals surface area (Å²) in [6.45, 7) is 1.26. The van der Waals surface area contributed by atoms with Crippen molar-refractivity contribution in [3.05, 3.63) is 48.0 Å². The number of amides is 2. The van der Waals surface area contributed by atoms with E-state index >= 15 is 0 Å². The molecule has 0 radical (unpaired) electrons. The smallest absolute Gasteiger partial charge is 0.247 e. The van der Waals surface area contributed by atoms with E-state index in [4.69, 9.17) is 0 Å². The maximum atomic E-state index is 12.7. The van der Waals surface area contributed by atoms with Gasteiger partial charge in [-0.2, -0.15) is 5.10 Å². The van der Waals surface area contributed by atoms with Gasteiger partial charge < -0.3 is 10.2 Å². The van der Waals surface area contributed by atoms with Gasteiger partial charge in [0.1, 0.15) is 6.04 Å². The van der Waals surface area contributed by atoms with Crippen molar-refractivity contribution in [1.29, 1.82) is 0 Å². The van der Waals surface area contributed by atoms with Crippen LogP contribution in [0.5, 0.6) is 0 Å². The molecule has 7 nitrogen and oxygen atoms in total. The van der Waals surface area contributed by atoms with E-state index in [1.54, 1.807) is 17.1 Å². The summed E-state index contributed by atoms with van der Waals surface area (Å²) in [6.07, 6.45) is 6.44. The lowest BCUT2D eigenvalue weighted by Gasteiger charge is -2.37. The molecule has 1 aliphatic carbocycles. The van der Waals surface area contributed by atoms with Crippen molar-refractivity contribution in [2.45, 2.75) is 38.4 Å². The molecule has 1 atom stereocenters. The average Bonchev–Trinajstić information content (AvgIpc) is 3.06. The number of carbonyl (C=O) groups is 2. The average molecular weight is 339 g/mol. The second-order valence-electron chi connectivity index (χ2n) is 6.67. The van der Waals surface area contributed by atoms with Crippen LogP contribution in [0.15, 0.2) is 36.7 Å². The number of nitrogens with zero attached hydrogens (tertiary/aromatic N) is 4. The number of hydrogen-bond acceptors (Lipinski definition) is 4. The molecule has 2 aromatic rings. The van der Waals surface area contributed by atoms with Crippen molar-refractivity contribution < 1.29 is 9.59 Å². The minimum absolute atomic E-state index is 0.131. The molecule has 0 bridgehead atoms. The third-order valence-corrected chi connectivity index (χ3v) is 5.03. The first kappa shape index (κ1) is 15.8. The Morgan fingerprint density at radius 2 is 2.08 bits per heavy atom. The molecule has 0 saturated heterocycles. The molecule has 7 heteroatoms. The first-order valence-corrected chi connectivity index (χ1v) is 8.71. The summed E-state index contributed by atoms with van der Waals surface area (Å²) in [6, 6.07) is 6.98. The molecule has 0 aromatic carbocycles. The Kier molecular flexibility index (Phi) is 4.21. The molecule has 25 heavy (non-hydrogen) atoms. The molecule has 1 N–H and O–H groups in total. The summed E-state index contributed by atoms with van der Waals surface area (Å²) in [5.74, 6) is 0.162. The molecule has 1 aliphatic heterocycles. The highest BCUT2D eigenvalue weighted by Crippen LogP contribution is 2.31. The van der Waals surface area contributed by atoms with Crippen LogP contribution < -0.4 is 5.32 Å². The Bertz CT molecular complexity index is 769. The molecule has 2 aromatic heterocycles. The summed E-state index contributed by atoms with van der Waals surface area (Å²) < 4.78 is 1.73. The van der Waals surface area contributed by atoms with E-state index in [-0.39, 0.29) is 17.7 Å². The highest BCUT2D eigenvalue weighted by atomic mass is 16.2. The quantitative estimate of drug-likeness (QED) is 0.910. The molecule has 0 spiro atoms. The van der Waals surface area contributed by atoms with Gasteiger partial charge in [0, 0.05) is 18.3 Å². The molecule has 1 fully saturated rings. The largest absolute Gasteiger partial charge is 0.349 e. The highest BCUT2D eigenvalue weighted by molar-refractivity contribution is 5.83. The first-order chi connectivity index (χ1) is 12.2. The molecule has 0 unspecified atom stereocenters. The van der Waals surface area contributed by atoms with Gasteiger partial charge >= 0.3 is 0 Å². The SMILES string of the molecule is O=C(NCc1ccccn1)[C@@H]1CN(C(=O)C2CCC2)Cc2ccnn21. The fraction of sp³-hybridized carbons (Fsp3) is 0.444. The van der Waals surface area contributed by atoms with Gasteiger partial charge in [0.25, 0.3) is 0 Å². The van der Waals surface area contributed by atoms with E-state index in [9.17, 15) is 9.59 Å². The predicted octanol–water partition coefficient (Wildman–Crippen LogP) is 1.28. The van der Waals surface area contributed by atoms with E-state index in [2.05, 4.69) is 15.4 Å². The van der Waals surface area contributed by atoms with Crippen molar-refractivity contribution in [1.82, 2.24) is 25.0 Å². The normalized spacial score (nSPS) is 19.8. The van der Waals surface area contributed by atoms with Gasteiger partial charge in [-0.25, -0.2) is 0 Å². The first-order valence-electron chi connectivity index (χ1n) is 8.71. The maximum Gasteiger partial charge on any atom is 0.247 e. The molecular formula is C18H21N5O2. The number of hydrogen-bond donors (Lipinski definition) is 1. The van der Waals surface area contributed by atoms with Gasteiger partial charge in [0.2, 0.25) is 11.8 Å². The molecule has 130 valence electrons. The van der Waals surface area contributed by atoms with E-state index in [0.29, 0.717) is 19.6 Å². The van der Waals surface area contributed by atoms with E-state index < -0.39 is 6.04 Å². The monoisotopic (exact) mass is 339 g/mol. The van der Waals surface area contributed by atoms with Gasteiger partial charge in [0.05, 0.1) is 31.0 Å². The standard InChI is InChI=1S/C18H21N5O2/c24-17(20-10-14-6-1-2-8-19-14)16-12-22(18(25)13-4-3-5-13)11-15-7-9-21-23(15)16/h1-2,6-9,13,16H,3-5,10-12H2,(H,20,24)/t16-/m0/s1. The second kappa shape index (κ2) is 6.66. The fourth-order valence-electron chi connectivity index (χ4n) is 3.37. The Hall–Kier alpha value is -2.70. The van der Waals surface area contributed by atoms with Crippen LogP contribution in [-0.4, -0.2) is 38.0 Å². The third-order valence-electron chi connectivity index (χ3n) is 5.03. The van der Waals surface area contributed by atoms with Crippen LogP contribution in [0.4, 0.5) is 0 Å². The van der Waals surface area contributed by atoms with E-state index in [0.717, 1.165) is 30.7 Å². The van der Waals surface area contributed by atoms with Gasteiger partial charge in [0.15, 0.2) is 0 Å². The zero-order chi connectivity index (χ0) is 17.2. The lowest BCUT2D eigenvalue weighted by molar-refractivity contribution is -0.141. The number of rotatable bonds is 4. The molecule has 4 rings (SSSR count). The van der Waals surface area contributed by atoms with Crippen molar-refractivity contribution >= 4 is 11.8 Å². The van der Waals surface area contributed by atoms with E-state index in [1.165, 1.54) is 0 Å². The van der Waals surface area contributed by atoms with Crippen molar-refractivity contribution in [3.8, 4) is 0 Å². The lowest BCUT2D eigenvalue weighted by Crippen LogP contribution is -2.49. The lowest BCUT2D eigenvalue weighted by atomic mass is 9.84. The Morgan fingerprint density at radius 1 is 1.20 bits per heavy atom. The van der Waals surface area contributed by atoms with Gasteiger partial charge in [-0.3, -0.25) is 19.3 Å². The summed E-state index contributed by atoms with van der Waals surface area (Å²) in [7, 11) is 0. The van der Waals surface area contributed by atoms with Crippen LogP contribution in [0.2, 0.25) is 0 Å². The number of fused-ring (bicyclic) bond motifs is 1. The Balaban J connectivity index is 1.47. The zero-order valence-electron chi connectivity index (χ0n) is 14.0. The predicted molar refractivity (Wildman–Crippen MR) is 90.1 cm³/mol. The van der Waals surface area contributed by atoms with Gasteiger partial charge in [-0.15, -0.1) is 0 Å². The number of carbonyl (C=O) groups excluding carboxylic acids is 2. The van der Waals surface area contributed by atoms with Crippen LogP contribution >= 0.6 is 0 Å². The highest BCUT2D eigenvalue weighted by Gasteiger charge is 2.36. The Morgan fingerprint density at radius 3 is 2.80 bits per heavy atom. The molecule has 2 amide bonds. The Labute approximate surface area is 146 Å². The summed E-state index contributed by atoms with van der Waals surface area (Å²) in [4.78, 5) is 31.4.